The molecule has 3 heterocycles. The van der Waals surface area contributed by atoms with Crippen molar-refractivity contribution in [3.8, 4) is 5.75 Å². The molecule has 1 N–H and O–H groups in total. The van der Waals surface area contributed by atoms with Crippen molar-refractivity contribution in [3.05, 3.63) is 54.0 Å². The van der Waals surface area contributed by atoms with Crippen molar-refractivity contribution in [1.29, 1.82) is 0 Å². The summed E-state index contributed by atoms with van der Waals surface area (Å²) in [6.07, 6.45) is 2.26. The lowest BCUT2D eigenvalue weighted by molar-refractivity contribution is -0.900. The molecule has 0 bridgehead atoms. The Morgan fingerprint density at radius 1 is 1.26 bits per heavy atom. The molecule has 1 fully saturated rings. The molecule has 142 valence electrons. The predicted octanol–water partition coefficient (Wildman–Crippen LogP) is 0.881. The second-order valence-corrected chi connectivity index (χ2v) is 6.79. The molecule has 1 aromatic heterocycles. The number of nitrogens with zero attached hydrogens (tertiary/aromatic N) is 2. The summed E-state index contributed by atoms with van der Waals surface area (Å²) in [6.45, 7) is 3.51. The summed E-state index contributed by atoms with van der Waals surface area (Å²) >= 11 is 0. The quantitative estimate of drug-likeness (QED) is 0.849. The van der Waals surface area contributed by atoms with Gasteiger partial charge in [0.1, 0.15) is 30.6 Å². The van der Waals surface area contributed by atoms with Gasteiger partial charge in [0.2, 0.25) is 0 Å². The number of morpholine rings is 1. The van der Waals surface area contributed by atoms with Crippen LogP contribution >= 0.6 is 0 Å². The first kappa shape index (κ1) is 17.8. The lowest BCUT2D eigenvalue weighted by Gasteiger charge is -2.26. The topological polar surface area (TPSA) is 68.7 Å². The first-order valence-corrected chi connectivity index (χ1v) is 9.23. The van der Waals surface area contributed by atoms with E-state index in [1.54, 1.807) is 18.4 Å². The first-order valence-electron chi connectivity index (χ1n) is 9.23. The second-order valence-electron chi connectivity index (χ2n) is 6.79. The predicted molar refractivity (Wildman–Crippen MR) is 98.8 cm³/mol. The second kappa shape index (κ2) is 7.94. The molecule has 2 aromatic rings. The molecule has 1 amide bonds. The zero-order valence-electron chi connectivity index (χ0n) is 15.4. The van der Waals surface area contributed by atoms with Crippen LogP contribution in [0.2, 0.25) is 0 Å². The molecule has 1 saturated heterocycles. The van der Waals surface area contributed by atoms with Crippen molar-refractivity contribution in [2.45, 2.75) is 12.5 Å². The minimum Gasteiger partial charge on any atom is -0.497 e. The molecule has 7 heteroatoms. The SMILES string of the molecule is COc1ccc(C2=NN(C(=O)C[NH+]3CCOCC3)[C@@H](c3ccco3)C2)cc1. The number of nitrogens with one attached hydrogen (secondary N) is 1. The Kier molecular flexibility index (Phi) is 5.22. The van der Waals surface area contributed by atoms with Crippen LogP contribution in [0, 0.1) is 0 Å². The van der Waals surface area contributed by atoms with Crippen LogP contribution in [-0.2, 0) is 9.53 Å². The van der Waals surface area contributed by atoms with Gasteiger partial charge in [-0.1, -0.05) is 0 Å². The average molecular weight is 370 g/mol. The number of ether oxygens (including phenoxy) is 2. The summed E-state index contributed by atoms with van der Waals surface area (Å²) in [5.74, 6) is 1.56. The van der Waals surface area contributed by atoms with Crippen LogP contribution in [0.3, 0.4) is 0 Å². The zero-order chi connectivity index (χ0) is 18.6. The fourth-order valence-electron chi connectivity index (χ4n) is 3.53. The van der Waals surface area contributed by atoms with Gasteiger partial charge in [-0.3, -0.25) is 4.79 Å². The Balaban J connectivity index is 1.56. The van der Waals surface area contributed by atoms with Crippen LogP contribution in [0.15, 0.2) is 52.2 Å². The summed E-state index contributed by atoms with van der Waals surface area (Å²) < 4.78 is 16.2. The smallest absolute Gasteiger partial charge is 0.298 e. The van der Waals surface area contributed by atoms with E-state index in [9.17, 15) is 4.79 Å². The van der Waals surface area contributed by atoms with Crippen LogP contribution in [-0.4, -0.2) is 56.6 Å². The van der Waals surface area contributed by atoms with Gasteiger partial charge in [0.05, 0.1) is 32.3 Å². The van der Waals surface area contributed by atoms with Gasteiger partial charge >= 0.3 is 0 Å². The fourth-order valence-corrected chi connectivity index (χ4v) is 3.53. The molecule has 0 aliphatic carbocycles. The van der Waals surface area contributed by atoms with Crippen LogP contribution in [0.25, 0.3) is 0 Å². The molecule has 0 radical (unpaired) electrons. The number of amides is 1. The highest BCUT2D eigenvalue weighted by atomic mass is 16.5. The van der Waals surface area contributed by atoms with E-state index in [0.29, 0.717) is 26.2 Å². The van der Waals surface area contributed by atoms with E-state index in [0.717, 1.165) is 35.9 Å². The number of quaternary nitrogens is 1. The van der Waals surface area contributed by atoms with Crippen molar-refractivity contribution >= 4 is 11.6 Å². The van der Waals surface area contributed by atoms with E-state index >= 15 is 0 Å². The van der Waals surface area contributed by atoms with Crippen molar-refractivity contribution < 1.29 is 23.6 Å². The van der Waals surface area contributed by atoms with E-state index in [1.165, 1.54) is 4.90 Å². The summed E-state index contributed by atoms with van der Waals surface area (Å²) in [6, 6.07) is 11.3. The standard InChI is InChI=1S/C20H23N3O4/c1-25-16-6-4-15(5-7-16)17-13-18(19-3-2-10-27-19)23(21-17)20(24)14-22-8-11-26-12-9-22/h2-7,10,18H,8-9,11-14H2,1H3/p+1/t18-/m1/s1. The maximum absolute atomic E-state index is 13.0. The van der Waals surface area contributed by atoms with Crippen LogP contribution in [0.5, 0.6) is 5.75 Å². The van der Waals surface area contributed by atoms with Gasteiger partial charge in [-0.2, -0.15) is 5.10 Å². The molecule has 0 saturated carbocycles. The van der Waals surface area contributed by atoms with E-state index in [1.807, 2.05) is 36.4 Å². The number of rotatable bonds is 5. The number of hydrogen-bond donors (Lipinski definition) is 1. The summed E-state index contributed by atoms with van der Waals surface area (Å²) in [5, 5.41) is 6.27. The molecule has 27 heavy (non-hydrogen) atoms. The Hall–Kier alpha value is -2.64. The highest BCUT2D eigenvalue weighted by Gasteiger charge is 2.36. The monoisotopic (exact) mass is 370 g/mol. The van der Waals surface area contributed by atoms with Gasteiger partial charge < -0.3 is 18.8 Å². The molecule has 2 aliphatic rings. The Bertz CT molecular complexity index is 795. The highest BCUT2D eigenvalue weighted by molar-refractivity contribution is 6.03. The van der Waals surface area contributed by atoms with E-state index in [4.69, 9.17) is 13.9 Å². The van der Waals surface area contributed by atoms with Crippen molar-refractivity contribution in [3.63, 3.8) is 0 Å². The molecule has 0 spiro atoms. The largest absolute Gasteiger partial charge is 0.497 e. The minimum atomic E-state index is -0.204. The van der Waals surface area contributed by atoms with E-state index in [-0.39, 0.29) is 11.9 Å². The fraction of sp³-hybridized carbons (Fsp3) is 0.400. The van der Waals surface area contributed by atoms with Gasteiger partial charge in [-0.05, 0) is 42.0 Å². The third-order valence-corrected chi connectivity index (χ3v) is 5.06. The van der Waals surface area contributed by atoms with Crippen molar-refractivity contribution in [1.82, 2.24) is 5.01 Å². The zero-order valence-corrected chi connectivity index (χ0v) is 15.4. The van der Waals surface area contributed by atoms with Crippen molar-refractivity contribution in [2.75, 3.05) is 40.0 Å². The first-order chi connectivity index (χ1) is 13.2. The van der Waals surface area contributed by atoms with Gasteiger partial charge in [-0.25, -0.2) is 5.01 Å². The third kappa shape index (κ3) is 3.89. The maximum atomic E-state index is 13.0. The molecular weight excluding hydrogens is 346 g/mol. The summed E-state index contributed by atoms with van der Waals surface area (Å²) in [7, 11) is 1.64. The van der Waals surface area contributed by atoms with E-state index in [2.05, 4.69) is 5.10 Å². The lowest BCUT2D eigenvalue weighted by atomic mass is 10.0. The minimum absolute atomic E-state index is 0.0109. The van der Waals surface area contributed by atoms with Gasteiger partial charge in [0.15, 0.2) is 6.54 Å². The van der Waals surface area contributed by atoms with Crippen LogP contribution in [0.1, 0.15) is 23.8 Å². The van der Waals surface area contributed by atoms with E-state index < -0.39 is 0 Å². The van der Waals surface area contributed by atoms with Gasteiger partial charge in [0.25, 0.3) is 5.91 Å². The average Bonchev–Trinajstić information content (AvgIpc) is 3.38. The summed E-state index contributed by atoms with van der Waals surface area (Å²) in [5.41, 5.74) is 1.87. The number of hydrogen-bond acceptors (Lipinski definition) is 5. The molecule has 7 nitrogen and oxygen atoms in total. The van der Waals surface area contributed by atoms with Crippen LogP contribution < -0.4 is 9.64 Å². The van der Waals surface area contributed by atoms with Crippen molar-refractivity contribution in [2.24, 2.45) is 5.10 Å². The third-order valence-electron chi connectivity index (χ3n) is 5.06. The molecule has 2 aliphatic heterocycles. The Labute approximate surface area is 158 Å². The number of carbonyl (C=O) groups excluding carboxylic acids is 1. The number of benzene rings is 1. The van der Waals surface area contributed by atoms with Crippen LogP contribution in [0.4, 0.5) is 0 Å². The normalized spacial score (nSPS) is 20.6. The lowest BCUT2D eigenvalue weighted by Crippen LogP contribution is -3.15. The molecule has 1 aromatic carbocycles. The number of methoxy groups -OCH3 is 1. The Morgan fingerprint density at radius 2 is 2.04 bits per heavy atom. The molecule has 0 unspecified atom stereocenters. The number of hydrazone groups is 1. The van der Waals surface area contributed by atoms with Gasteiger partial charge in [-0.15, -0.1) is 0 Å². The molecular formula is C20H24N3O4+. The molecule has 4 rings (SSSR count). The summed E-state index contributed by atoms with van der Waals surface area (Å²) in [4.78, 5) is 14.2. The maximum Gasteiger partial charge on any atom is 0.298 e. The number of furan rings is 1. The molecule has 1 atom stereocenters. The van der Waals surface area contributed by atoms with Gasteiger partial charge in [0, 0.05) is 6.42 Å². The highest BCUT2D eigenvalue weighted by Crippen LogP contribution is 2.33. The Morgan fingerprint density at radius 3 is 2.70 bits per heavy atom. The number of carbonyl (C=O) groups is 1.